The number of nitrogens with one attached hydrogen (secondary N) is 1. The number of likely N-dealkylation sites (tertiary alicyclic amines) is 1. The Labute approximate surface area is 170 Å². The number of ether oxygens (including phenoxy) is 1. The molecule has 7 nitrogen and oxygen atoms in total. The first-order valence-corrected chi connectivity index (χ1v) is 11.3. The van der Waals surface area contributed by atoms with Crippen LogP contribution in [0.15, 0.2) is 0 Å². The van der Waals surface area contributed by atoms with E-state index >= 15 is 0 Å². The molecule has 3 saturated heterocycles. The Morgan fingerprint density at radius 1 is 1.43 bits per heavy atom. The largest absolute Gasteiger partial charge is 0.466 e. The Morgan fingerprint density at radius 2 is 2.18 bits per heavy atom. The fraction of sp³-hybridized carbons (Fsp3) is 0.850. The summed E-state index contributed by atoms with van der Waals surface area (Å²) in [6.45, 7) is 6.39. The number of amides is 2. The zero-order chi connectivity index (χ0) is 20.5. The Morgan fingerprint density at radius 3 is 2.82 bits per heavy atom. The number of rotatable bonds is 9. The van der Waals surface area contributed by atoms with Crippen molar-refractivity contribution in [2.75, 3.05) is 19.8 Å². The summed E-state index contributed by atoms with van der Waals surface area (Å²) < 4.78 is 4.71. The summed E-state index contributed by atoms with van der Waals surface area (Å²) in [5.41, 5.74) is 0. The molecule has 2 N–H and O–H groups in total. The van der Waals surface area contributed by atoms with Crippen molar-refractivity contribution in [1.29, 1.82) is 0 Å². The maximum absolute atomic E-state index is 13.4. The molecular formula is C20H32N2O5S. The number of carbonyl (C=O) groups is 3. The Kier molecular flexibility index (Phi) is 6.59. The number of fused-ring (bicyclic) bond motifs is 1. The van der Waals surface area contributed by atoms with Gasteiger partial charge in [-0.05, 0) is 39.5 Å². The molecule has 8 heteroatoms. The minimum Gasteiger partial charge on any atom is -0.466 e. The van der Waals surface area contributed by atoms with Gasteiger partial charge in [0.15, 0.2) is 0 Å². The summed E-state index contributed by atoms with van der Waals surface area (Å²) in [7, 11) is 0. The number of aliphatic hydroxyl groups is 1. The highest BCUT2D eigenvalue weighted by atomic mass is 32.2. The van der Waals surface area contributed by atoms with Crippen molar-refractivity contribution in [2.24, 2.45) is 11.8 Å². The van der Waals surface area contributed by atoms with Crippen molar-refractivity contribution in [3.8, 4) is 0 Å². The summed E-state index contributed by atoms with van der Waals surface area (Å²) in [6.07, 6.45) is 3.83. The van der Waals surface area contributed by atoms with Crippen LogP contribution in [-0.2, 0) is 19.1 Å². The summed E-state index contributed by atoms with van der Waals surface area (Å²) in [5, 5.41) is 12.4. The maximum atomic E-state index is 13.4. The quantitative estimate of drug-likeness (QED) is 0.555. The van der Waals surface area contributed by atoms with Crippen molar-refractivity contribution in [2.45, 2.75) is 75.0 Å². The van der Waals surface area contributed by atoms with Crippen LogP contribution >= 0.6 is 11.8 Å². The van der Waals surface area contributed by atoms with Crippen molar-refractivity contribution in [3.05, 3.63) is 0 Å². The Hall–Kier alpha value is -1.28. The van der Waals surface area contributed by atoms with Gasteiger partial charge in [-0.3, -0.25) is 14.4 Å². The van der Waals surface area contributed by atoms with Crippen LogP contribution in [0.3, 0.4) is 0 Å². The monoisotopic (exact) mass is 412 g/mol. The van der Waals surface area contributed by atoms with Crippen molar-refractivity contribution in [1.82, 2.24) is 10.2 Å². The lowest BCUT2D eigenvalue weighted by molar-refractivity contribution is -0.153. The second-order valence-corrected chi connectivity index (χ2v) is 9.72. The third-order valence-electron chi connectivity index (χ3n) is 6.27. The summed E-state index contributed by atoms with van der Waals surface area (Å²) in [4.78, 5) is 40.9. The third kappa shape index (κ3) is 3.43. The van der Waals surface area contributed by atoms with Gasteiger partial charge in [0.1, 0.15) is 6.04 Å². The molecule has 3 rings (SSSR count). The number of nitrogens with zero attached hydrogens (tertiary/aromatic N) is 1. The topological polar surface area (TPSA) is 95.9 Å². The van der Waals surface area contributed by atoms with E-state index in [1.54, 1.807) is 23.6 Å². The molecule has 3 fully saturated rings. The van der Waals surface area contributed by atoms with E-state index < -0.39 is 22.6 Å². The maximum Gasteiger partial charge on any atom is 0.310 e. The van der Waals surface area contributed by atoms with E-state index in [1.807, 2.05) is 6.92 Å². The number of thioether (sulfide) groups is 1. The van der Waals surface area contributed by atoms with Crippen molar-refractivity contribution in [3.63, 3.8) is 0 Å². The van der Waals surface area contributed by atoms with Gasteiger partial charge in [0, 0.05) is 24.4 Å². The number of hydrogen-bond acceptors (Lipinski definition) is 6. The number of esters is 1. The first-order valence-electron chi connectivity index (χ1n) is 10.5. The standard InChI is InChI=1S/C20H32N2O5S/c1-4-7-12(3)21-17(24)16-20-9-8-13(28-20)14(19(26)27-5-2)15(20)18(25)22(16)10-6-11-23/h12-16,23H,4-11H2,1-3H3,(H,21,24)/t12?,13-,14+,15+,16?,20?/m1/s1. The van der Waals surface area contributed by atoms with Crippen molar-refractivity contribution < 1.29 is 24.2 Å². The predicted molar refractivity (Wildman–Crippen MR) is 107 cm³/mol. The Balaban J connectivity index is 1.92. The fourth-order valence-electron chi connectivity index (χ4n) is 5.27. The highest BCUT2D eigenvalue weighted by molar-refractivity contribution is 8.02. The van der Waals surface area contributed by atoms with Crippen LogP contribution in [0.4, 0.5) is 0 Å². The van der Waals surface area contributed by atoms with E-state index in [4.69, 9.17) is 4.74 Å². The van der Waals surface area contributed by atoms with E-state index in [2.05, 4.69) is 12.2 Å². The first-order chi connectivity index (χ1) is 13.4. The number of hydrogen-bond donors (Lipinski definition) is 2. The molecule has 3 aliphatic rings. The minimum atomic E-state index is -0.592. The van der Waals surface area contributed by atoms with Crippen LogP contribution in [0.2, 0.25) is 0 Å². The lowest BCUT2D eigenvalue weighted by Gasteiger charge is -2.34. The molecule has 6 atom stereocenters. The molecule has 3 unspecified atom stereocenters. The smallest absolute Gasteiger partial charge is 0.310 e. The van der Waals surface area contributed by atoms with Gasteiger partial charge in [0.2, 0.25) is 11.8 Å². The van der Waals surface area contributed by atoms with Gasteiger partial charge in [-0.25, -0.2) is 0 Å². The lowest BCUT2D eigenvalue weighted by atomic mass is 9.71. The second kappa shape index (κ2) is 8.61. The molecule has 0 radical (unpaired) electrons. The zero-order valence-electron chi connectivity index (χ0n) is 17.0. The van der Waals surface area contributed by atoms with Crippen molar-refractivity contribution >= 4 is 29.5 Å². The molecule has 2 bridgehead atoms. The number of carbonyl (C=O) groups excluding carboxylic acids is 3. The van der Waals surface area contributed by atoms with Crippen LogP contribution < -0.4 is 5.32 Å². The molecule has 158 valence electrons. The molecular weight excluding hydrogens is 380 g/mol. The average Bonchev–Trinajstić information content (AvgIpc) is 3.27. The van der Waals surface area contributed by atoms with E-state index in [1.165, 1.54) is 0 Å². The average molecular weight is 413 g/mol. The molecule has 0 aromatic carbocycles. The summed E-state index contributed by atoms with van der Waals surface area (Å²) in [6, 6.07) is -0.558. The van der Waals surface area contributed by atoms with Crippen LogP contribution in [0.5, 0.6) is 0 Å². The summed E-state index contributed by atoms with van der Waals surface area (Å²) >= 11 is 1.64. The van der Waals surface area contributed by atoms with Gasteiger partial charge >= 0.3 is 5.97 Å². The Bertz CT molecular complexity index is 630. The minimum absolute atomic E-state index is 0.0344. The van der Waals surface area contributed by atoms with Gasteiger partial charge in [-0.15, -0.1) is 11.8 Å². The molecule has 0 saturated carbocycles. The normalized spacial score (nSPS) is 34.4. The predicted octanol–water partition coefficient (Wildman–Crippen LogP) is 1.33. The molecule has 28 heavy (non-hydrogen) atoms. The molecule has 3 heterocycles. The molecule has 3 aliphatic heterocycles. The first kappa shape index (κ1) is 21.4. The van der Waals surface area contributed by atoms with E-state index in [0.29, 0.717) is 13.0 Å². The molecule has 0 aromatic heterocycles. The van der Waals surface area contributed by atoms with Crippen LogP contribution in [-0.4, -0.2) is 69.6 Å². The molecule has 2 amide bonds. The zero-order valence-corrected chi connectivity index (χ0v) is 17.8. The third-order valence-corrected chi connectivity index (χ3v) is 8.23. The highest BCUT2D eigenvalue weighted by Gasteiger charge is 2.73. The number of aliphatic hydroxyl groups excluding tert-OH is 1. The fourth-order valence-corrected chi connectivity index (χ4v) is 7.48. The van der Waals surface area contributed by atoms with Gasteiger partial charge in [0.25, 0.3) is 0 Å². The molecule has 0 aliphatic carbocycles. The summed E-state index contributed by atoms with van der Waals surface area (Å²) in [5.74, 6) is -1.57. The lowest BCUT2D eigenvalue weighted by Crippen LogP contribution is -2.55. The van der Waals surface area contributed by atoms with Gasteiger partial charge in [-0.1, -0.05) is 13.3 Å². The van der Waals surface area contributed by atoms with Gasteiger partial charge in [-0.2, -0.15) is 0 Å². The van der Waals surface area contributed by atoms with E-state index in [-0.39, 0.29) is 42.3 Å². The van der Waals surface area contributed by atoms with Gasteiger partial charge < -0.3 is 20.1 Å². The van der Waals surface area contributed by atoms with Crippen LogP contribution in [0.25, 0.3) is 0 Å². The molecule has 1 spiro atoms. The van der Waals surface area contributed by atoms with Gasteiger partial charge in [0.05, 0.1) is 23.2 Å². The van der Waals surface area contributed by atoms with E-state index in [9.17, 15) is 19.5 Å². The van der Waals surface area contributed by atoms with E-state index in [0.717, 1.165) is 25.7 Å². The highest BCUT2D eigenvalue weighted by Crippen LogP contribution is 2.66. The van der Waals surface area contributed by atoms with Crippen LogP contribution in [0, 0.1) is 11.8 Å². The SMILES string of the molecule is CCCC(C)NC(=O)C1N(CCCO)C(=O)[C@@H]2[C@@H](C(=O)OCC)[C@H]3CCC12S3. The molecule has 0 aromatic rings. The van der Waals surface area contributed by atoms with Crippen LogP contribution in [0.1, 0.15) is 52.9 Å². The second-order valence-electron chi connectivity index (χ2n) is 8.12.